The van der Waals surface area contributed by atoms with Gasteiger partial charge in [-0.15, -0.1) is 0 Å². The molecule has 0 aliphatic carbocycles. The van der Waals surface area contributed by atoms with Crippen molar-refractivity contribution in [3.63, 3.8) is 0 Å². The van der Waals surface area contributed by atoms with Crippen LogP contribution in [0.25, 0.3) is 39.1 Å². The van der Waals surface area contributed by atoms with E-state index in [1.54, 1.807) is 0 Å². The second kappa shape index (κ2) is 13.0. The first-order valence-corrected chi connectivity index (χ1v) is 16.8. The molecule has 1 unspecified atom stereocenters. The summed E-state index contributed by atoms with van der Waals surface area (Å²) in [7, 11) is 0. The lowest BCUT2D eigenvalue weighted by Gasteiger charge is -2.27. The first-order chi connectivity index (χ1) is 24.0. The number of benzene rings is 7. The number of rotatable bonds is 6. The number of aliphatic hydroxyl groups excluding tert-OH is 1. The minimum Gasteiger partial charge on any atom is -0.490 e. The van der Waals surface area contributed by atoms with Gasteiger partial charge < -0.3 is 14.7 Å². The van der Waals surface area contributed by atoms with Crippen LogP contribution in [0.3, 0.4) is 0 Å². The molecule has 0 amide bonds. The Hall–Kier alpha value is -5.90. The molecule has 49 heavy (non-hydrogen) atoms. The largest absolute Gasteiger partial charge is 0.490 e. The van der Waals surface area contributed by atoms with Gasteiger partial charge in [-0.2, -0.15) is 0 Å². The Morgan fingerprint density at radius 1 is 0.551 bits per heavy atom. The van der Waals surface area contributed by atoms with Crippen molar-refractivity contribution in [1.29, 1.82) is 0 Å². The third-order valence-electron chi connectivity index (χ3n) is 9.38. The molecule has 238 valence electrons. The van der Waals surface area contributed by atoms with Gasteiger partial charge in [-0.25, -0.2) is 0 Å². The van der Waals surface area contributed by atoms with Gasteiger partial charge in [0.25, 0.3) is 0 Å². The van der Waals surface area contributed by atoms with Crippen molar-refractivity contribution in [3.8, 4) is 22.3 Å². The van der Waals surface area contributed by atoms with E-state index in [9.17, 15) is 5.11 Å². The Bertz CT molecular complexity index is 2210. The molecule has 0 aromatic heterocycles. The van der Waals surface area contributed by atoms with E-state index in [1.807, 2.05) is 18.2 Å². The van der Waals surface area contributed by atoms with Crippen LogP contribution in [-0.2, 0) is 11.3 Å². The summed E-state index contributed by atoms with van der Waals surface area (Å²) in [5.74, 6) is 0.561. The van der Waals surface area contributed by atoms with Crippen LogP contribution in [0.4, 0.5) is 17.1 Å². The summed E-state index contributed by atoms with van der Waals surface area (Å²) in [5, 5.41) is 13.6. The van der Waals surface area contributed by atoms with E-state index < -0.39 is 6.10 Å². The molecule has 3 nitrogen and oxygen atoms in total. The van der Waals surface area contributed by atoms with E-state index in [0.29, 0.717) is 12.4 Å². The number of anilines is 3. The van der Waals surface area contributed by atoms with Crippen LogP contribution < -0.4 is 4.90 Å². The van der Waals surface area contributed by atoms with Gasteiger partial charge in [0, 0.05) is 17.1 Å². The molecule has 0 spiro atoms. The zero-order valence-corrected chi connectivity index (χ0v) is 27.7. The van der Waals surface area contributed by atoms with Crippen molar-refractivity contribution in [3.05, 3.63) is 191 Å². The topological polar surface area (TPSA) is 32.7 Å². The Kier molecular flexibility index (Phi) is 8.04. The predicted octanol–water partition coefficient (Wildman–Crippen LogP) is 11.9. The van der Waals surface area contributed by atoms with Crippen LogP contribution >= 0.6 is 0 Å². The molecule has 7 aromatic rings. The number of hydrogen-bond donors (Lipinski definition) is 1. The summed E-state index contributed by atoms with van der Waals surface area (Å²) >= 11 is 0. The maximum Gasteiger partial charge on any atom is 0.136 e. The molecule has 1 N–H and O–H groups in total. The van der Waals surface area contributed by atoms with E-state index in [2.05, 4.69) is 164 Å². The minimum atomic E-state index is -0.816. The van der Waals surface area contributed by atoms with Crippen LogP contribution in [0.15, 0.2) is 163 Å². The molecule has 1 aliphatic heterocycles. The molecule has 0 saturated carbocycles. The van der Waals surface area contributed by atoms with Crippen LogP contribution in [0.2, 0.25) is 0 Å². The Balaban J connectivity index is 1.12. The van der Waals surface area contributed by atoms with Crippen LogP contribution in [-0.4, -0.2) is 5.11 Å². The lowest BCUT2D eigenvalue weighted by Crippen LogP contribution is -2.14. The fraction of sp³-hybridized carbons (Fsp3) is 0.0870. The molecule has 1 atom stereocenters. The Labute approximate surface area is 288 Å². The second-order valence-corrected chi connectivity index (χ2v) is 12.9. The zero-order valence-electron chi connectivity index (χ0n) is 27.7. The fourth-order valence-corrected chi connectivity index (χ4v) is 6.78. The van der Waals surface area contributed by atoms with E-state index in [1.165, 1.54) is 33.4 Å². The maximum absolute atomic E-state index is 11.3. The lowest BCUT2D eigenvalue weighted by atomic mass is 9.94. The van der Waals surface area contributed by atoms with Crippen LogP contribution in [0, 0.1) is 13.8 Å². The zero-order chi connectivity index (χ0) is 33.3. The highest BCUT2D eigenvalue weighted by atomic mass is 16.5. The van der Waals surface area contributed by atoms with Gasteiger partial charge in [0.15, 0.2) is 0 Å². The van der Waals surface area contributed by atoms with E-state index >= 15 is 0 Å². The summed E-state index contributed by atoms with van der Waals surface area (Å²) in [5.41, 5.74) is 13.4. The fourth-order valence-electron chi connectivity index (χ4n) is 6.78. The van der Waals surface area contributed by atoms with Crippen LogP contribution in [0.1, 0.15) is 33.9 Å². The first-order valence-electron chi connectivity index (χ1n) is 16.8. The van der Waals surface area contributed by atoms with Crippen LogP contribution in [0.5, 0.6) is 0 Å². The number of aryl methyl sites for hydroxylation is 2. The molecule has 0 bridgehead atoms. The van der Waals surface area contributed by atoms with Gasteiger partial charge in [0.2, 0.25) is 0 Å². The normalized spacial score (nSPS) is 14.8. The summed E-state index contributed by atoms with van der Waals surface area (Å²) in [6.45, 7) is 4.69. The molecule has 3 heteroatoms. The van der Waals surface area contributed by atoms with Gasteiger partial charge in [-0.05, 0) is 118 Å². The summed E-state index contributed by atoms with van der Waals surface area (Å²) in [6, 6.07) is 55.6. The average Bonchev–Trinajstić information content (AvgIpc) is 3.13. The molecule has 1 aliphatic rings. The van der Waals surface area contributed by atoms with E-state index in [0.717, 1.165) is 44.5 Å². The highest BCUT2D eigenvalue weighted by Gasteiger charge is 2.25. The molecule has 1 heterocycles. The second-order valence-electron chi connectivity index (χ2n) is 12.9. The van der Waals surface area contributed by atoms with E-state index in [-0.39, 0.29) is 0 Å². The Morgan fingerprint density at radius 3 is 1.59 bits per heavy atom. The van der Waals surface area contributed by atoms with E-state index in [4.69, 9.17) is 4.74 Å². The quantitative estimate of drug-likeness (QED) is 0.197. The molecule has 0 fully saturated rings. The van der Waals surface area contributed by atoms with Crippen molar-refractivity contribution in [2.24, 2.45) is 0 Å². The van der Waals surface area contributed by atoms with Crippen molar-refractivity contribution in [2.75, 3.05) is 4.90 Å². The van der Waals surface area contributed by atoms with Gasteiger partial charge in [-0.1, -0.05) is 120 Å². The lowest BCUT2D eigenvalue weighted by molar-refractivity contribution is 0.0782. The van der Waals surface area contributed by atoms with Gasteiger partial charge >= 0.3 is 0 Å². The number of ether oxygens (including phenoxy) is 1. The van der Waals surface area contributed by atoms with Crippen molar-refractivity contribution in [2.45, 2.75) is 26.6 Å². The monoisotopic (exact) mass is 635 g/mol. The first kappa shape index (κ1) is 30.4. The predicted molar refractivity (Wildman–Crippen MR) is 203 cm³/mol. The standard InChI is InChI=1S/C46H37NO2/c1-31-7-5-11-36(25-31)34-15-21-42(22-16-34)47(43-23-17-35(18-24-43)37-12-6-8-32(2)26-37)41-19-13-33(14-20-41)27-45-46(48)44-29-39-10-4-3-9-38(39)28-40(44)30-49-45/h3-29,46,48H,30H2,1-2H3/b45-27-. The van der Waals surface area contributed by atoms with Gasteiger partial charge in [0.05, 0.1) is 0 Å². The molecule has 0 radical (unpaired) electrons. The summed E-state index contributed by atoms with van der Waals surface area (Å²) < 4.78 is 6.10. The molecule has 7 aromatic carbocycles. The average molecular weight is 636 g/mol. The van der Waals surface area contributed by atoms with Gasteiger partial charge in [-0.3, -0.25) is 0 Å². The summed E-state index contributed by atoms with van der Waals surface area (Å²) in [6.07, 6.45) is 1.13. The highest BCUT2D eigenvalue weighted by Crippen LogP contribution is 2.39. The number of hydrogen-bond acceptors (Lipinski definition) is 3. The number of fused-ring (bicyclic) bond motifs is 2. The smallest absolute Gasteiger partial charge is 0.136 e. The van der Waals surface area contributed by atoms with Crippen molar-refractivity contribution >= 4 is 33.9 Å². The molecule has 8 rings (SSSR count). The number of nitrogens with zero attached hydrogens (tertiary/aromatic N) is 1. The SMILES string of the molecule is Cc1cccc(-c2ccc(N(c3ccc(/C=C4\OCc5cc6ccccc6cc5C4O)cc3)c3ccc(-c4cccc(C)c4)cc3)cc2)c1. The van der Waals surface area contributed by atoms with Gasteiger partial charge in [0.1, 0.15) is 18.5 Å². The highest BCUT2D eigenvalue weighted by molar-refractivity contribution is 5.85. The van der Waals surface area contributed by atoms with Crippen molar-refractivity contribution < 1.29 is 9.84 Å². The summed E-state index contributed by atoms with van der Waals surface area (Å²) in [4.78, 5) is 2.28. The third kappa shape index (κ3) is 6.25. The third-order valence-corrected chi connectivity index (χ3v) is 9.38. The Morgan fingerprint density at radius 2 is 1.06 bits per heavy atom. The molecule has 0 saturated heterocycles. The number of aliphatic hydroxyl groups is 1. The molecular weight excluding hydrogens is 599 g/mol. The minimum absolute atomic E-state index is 0.437. The van der Waals surface area contributed by atoms with Crippen molar-refractivity contribution in [1.82, 2.24) is 0 Å². The molecular formula is C46H37NO2. The maximum atomic E-state index is 11.3.